The summed E-state index contributed by atoms with van der Waals surface area (Å²) in [4.78, 5) is 55.2. The van der Waals surface area contributed by atoms with Crippen LogP contribution in [-0.2, 0) is 4.79 Å². The summed E-state index contributed by atoms with van der Waals surface area (Å²) in [5.41, 5.74) is 3.87. The Labute approximate surface area is 217 Å². The van der Waals surface area contributed by atoms with Gasteiger partial charge in [0.15, 0.2) is 11.6 Å². The average Bonchev–Trinajstić information content (AvgIpc) is 2.92. The number of amides is 1. The second-order valence-corrected chi connectivity index (χ2v) is 9.07. The normalized spacial score (nSPS) is 11.7. The molecule has 5 aromatic rings. The highest BCUT2D eigenvalue weighted by molar-refractivity contribution is 6.31. The van der Waals surface area contributed by atoms with Crippen LogP contribution in [0.5, 0.6) is 0 Å². The minimum Gasteiger partial charge on any atom is -0.355 e. The fourth-order valence-electron chi connectivity index (χ4n) is 5.02. The minimum atomic E-state index is -0.514. The van der Waals surface area contributed by atoms with Gasteiger partial charge in [-0.05, 0) is 35.9 Å². The zero-order chi connectivity index (χ0) is 26.4. The molecule has 0 atom stereocenters. The molecule has 0 bridgehead atoms. The van der Waals surface area contributed by atoms with Crippen molar-refractivity contribution in [1.29, 1.82) is 0 Å². The van der Waals surface area contributed by atoms with Crippen LogP contribution in [0.25, 0.3) is 22.0 Å². The number of pyridine rings is 1. The van der Waals surface area contributed by atoms with E-state index in [2.05, 4.69) is 15.6 Å². The third-order valence-electron chi connectivity index (χ3n) is 6.57. The number of benzene rings is 4. The van der Waals surface area contributed by atoms with Gasteiger partial charge in [0.2, 0.25) is 5.91 Å². The molecule has 1 aliphatic carbocycles. The van der Waals surface area contributed by atoms with E-state index >= 15 is 0 Å². The highest BCUT2D eigenvalue weighted by atomic mass is 16.2. The molecule has 4 aromatic carbocycles. The Kier molecular flexibility index (Phi) is 5.46. The van der Waals surface area contributed by atoms with Crippen molar-refractivity contribution in [2.24, 2.45) is 0 Å². The summed E-state index contributed by atoms with van der Waals surface area (Å²) in [6, 6.07) is 26.2. The SMILES string of the molecule is CC(=O)Nc1cccc(Nc2ccc3[nH]c(=O)c(C(=O)c4ccccc4)c4c3c2C(=O)c2ccccc2-4)c1. The first-order valence-corrected chi connectivity index (χ1v) is 12.0. The van der Waals surface area contributed by atoms with Gasteiger partial charge in [0.25, 0.3) is 5.56 Å². The van der Waals surface area contributed by atoms with Gasteiger partial charge >= 0.3 is 0 Å². The van der Waals surface area contributed by atoms with Crippen molar-refractivity contribution in [2.75, 3.05) is 10.6 Å². The number of aromatic amines is 1. The second kappa shape index (κ2) is 8.97. The van der Waals surface area contributed by atoms with E-state index in [-0.39, 0.29) is 17.3 Å². The molecule has 0 radical (unpaired) electrons. The zero-order valence-electron chi connectivity index (χ0n) is 20.3. The summed E-state index contributed by atoms with van der Waals surface area (Å²) in [7, 11) is 0. The van der Waals surface area contributed by atoms with Crippen LogP contribution in [0.2, 0.25) is 0 Å². The van der Waals surface area contributed by atoms with Crippen LogP contribution < -0.4 is 16.2 Å². The summed E-state index contributed by atoms with van der Waals surface area (Å²) in [5, 5.41) is 6.56. The summed E-state index contributed by atoms with van der Waals surface area (Å²) in [5.74, 6) is -0.830. The Morgan fingerprint density at radius 3 is 2.21 bits per heavy atom. The molecule has 0 aliphatic heterocycles. The van der Waals surface area contributed by atoms with E-state index in [0.717, 1.165) is 0 Å². The molecule has 6 rings (SSSR count). The fraction of sp³-hybridized carbons (Fsp3) is 0.0323. The zero-order valence-corrected chi connectivity index (χ0v) is 20.3. The maximum absolute atomic E-state index is 13.9. The first-order valence-electron chi connectivity index (χ1n) is 12.0. The molecule has 0 saturated carbocycles. The Morgan fingerprint density at radius 1 is 0.737 bits per heavy atom. The molecule has 1 aliphatic rings. The van der Waals surface area contributed by atoms with Gasteiger partial charge in [-0.2, -0.15) is 0 Å². The first-order chi connectivity index (χ1) is 18.4. The molecular formula is C31H21N3O4. The molecule has 0 saturated heterocycles. The molecule has 0 fully saturated rings. The van der Waals surface area contributed by atoms with Crippen LogP contribution in [0.15, 0.2) is 95.8 Å². The molecule has 3 N–H and O–H groups in total. The van der Waals surface area contributed by atoms with Crippen LogP contribution in [-0.4, -0.2) is 22.5 Å². The van der Waals surface area contributed by atoms with Crippen molar-refractivity contribution in [2.45, 2.75) is 6.92 Å². The van der Waals surface area contributed by atoms with E-state index in [9.17, 15) is 19.2 Å². The molecule has 184 valence electrons. The molecule has 1 heterocycles. The number of rotatable bonds is 5. The topological polar surface area (TPSA) is 108 Å². The summed E-state index contributed by atoms with van der Waals surface area (Å²) in [6.07, 6.45) is 0. The fourth-order valence-corrected chi connectivity index (χ4v) is 5.02. The Bertz CT molecular complexity index is 1860. The lowest BCUT2D eigenvalue weighted by Crippen LogP contribution is -2.24. The predicted octanol–water partition coefficient (Wildman–Crippen LogP) is 5.67. The minimum absolute atomic E-state index is 0.00490. The largest absolute Gasteiger partial charge is 0.355 e. The lowest BCUT2D eigenvalue weighted by atomic mass is 9.80. The highest BCUT2D eigenvalue weighted by Crippen LogP contribution is 2.43. The first kappa shape index (κ1) is 23.1. The predicted molar refractivity (Wildman–Crippen MR) is 147 cm³/mol. The lowest BCUT2D eigenvalue weighted by molar-refractivity contribution is -0.114. The number of carbonyl (C=O) groups excluding carboxylic acids is 3. The second-order valence-electron chi connectivity index (χ2n) is 9.07. The van der Waals surface area contributed by atoms with Crippen molar-refractivity contribution in [3.05, 3.63) is 124 Å². The van der Waals surface area contributed by atoms with Gasteiger partial charge in [-0.3, -0.25) is 19.2 Å². The van der Waals surface area contributed by atoms with Crippen molar-refractivity contribution < 1.29 is 14.4 Å². The van der Waals surface area contributed by atoms with E-state index in [4.69, 9.17) is 0 Å². The maximum atomic E-state index is 13.9. The number of aromatic nitrogens is 1. The number of anilines is 3. The van der Waals surface area contributed by atoms with Crippen molar-refractivity contribution in [1.82, 2.24) is 4.98 Å². The number of nitrogens with one attached hydrogen (secondary N) is 3. The molecule has 1 amide bonds. The van der Waals surface area contributed by atoms with Gasteiger partial charge in [-0.15, -0.1) is 0 Å². The van der Waals surface area contributed by atoms with E-state index in [1.54, 1.807) is 84.9 Å². The quantitative estimate of drug-likeness (QED) is 0.265. The van der Waals surface area contributed by atoms with Crippen LogP contribution in [0.1, 0.15) is 38.8 Å². The molecule has 7 nitrogen and oxygen atoms in total. The number of fused-ring (bicyclic) bond motifs is 2. The van der Waals surface area contributed by atoms with Crippen LogP contribution in [0.4, 0.5) is 17.1 Å². The monoisotopic (exact) mass is 499 g/mol. The maximum Gasteiger partial charge on any atom is 0.260 e. The van der Waals surface area contributed by atoms with Crippen LogP contribution >= 0.6 is 0 Å². The highest BCUT2D eigenvalue weighted by Gasteiger charge is 2.33. The molecule has 7 heteroatoms. The Morgan fingerprint density at radius 2 is 1.45 bits per heavy atom. The third-order valence-corrected chi connectivity index (χ3v) is 6.57. The molecule has 0 spiro atoms. The smallest absolute Gasteiger partial charge is 0.260 e. The molecule has 1 aromatic heterocycles. The van der Waals surface area contributed by atoms with E-state index in [1.165, 1.54) is 6.92 Å². The molecule has 0 unspecified atom stereocenters. The number of H-pyrrole nitrogens is 1. The van der Waals surface area contributed by atoms with Gasteiger partial charge in [0.05, 0.1) is 16.8 Å². The van der Waals surface area contributed by atoms with Gasteiger partial charge in [0, 0.05) is 45.9 Å². The van der Waals surface area contributed by atoms with Gasteiger partial charge < -0.3 is 15.6 Å². The Balaban J connectivity index is 1.62. The van der Waals surface area contributed by atoms with Gasteiger partial charge in [-0.1, -0.05) is 60.7 Å². The molecular weight excluding hydrogens is 478 g/mol. The van der Waals surface area contributed by atoms with Crippen molar-refractivity contribution in [3.8, 4) is 11.1 Å². The van der Waals surface area contributed by atoms with E-state index in [0.29, 0.717) is 55.8 Å². The third kappa shape index (κ3) is 3.77. The number of carbonyl (C=O) groups is 3. The summed E-state index contributed by atoms with van der Waals surface area (Å²) >= 11 is 0. The summed E-state index contributed by atoms with van der Waals surface area (Å²) in [6.45, 7) is 1.43. The molecule has 38 heavy (non-hydrogen) atoms. The Hall–Kier alpha value is -5.30. The standard InChI is InChI=1S/C31H21N3O4/c1-17(35)32-19-10-7-11-20(16-19)33-24-15-14-23-26-25(21-12-5-6-13-22(21)30(37)27(24)26)28(31(38)34-23)29(36)18-8-3-2-4-9-18/h2-16,33H,1H3,(H,32,35)(H,34,38). The number of hydrogen-bond donors (Lipinski definition) is 3. The summed E-state index contributed by atoms with van der Waals surface area (Å²) < 4.78 is 0. The van der Waals surface area contributed by atoms with Crippen LogP contribution in [0, 0.1) is 0 Å². The van der Waals surface area contributed by atoms with Crippen molar-refractivity contribution >= 4 is 45.4 Å². The average molecular weight is 500 g/mol. The number of ketones is 2. The van der Waals surface area contributed by atoms with Gasteiger partial charge in [0.1, 0.15) is 0 Å². The number of hydrogen-bond acceptors (Lipinski definition) is 5. The van der Waals surface area contributed by atoms with E-state index < -0.39 is 11.3 Å². The van der Waals surface area contributed by atoms with Crippen LogP contribution in [0.3, 0.4) is 0 Å². The van der Waals surface area contributed by atoms with E-state index in [1.807, 2.05) is 6.07 Å². The lowest BCUT2D eigenvalue weighted by Gasteiger charge is -2.24. The van der Waals surface area contributed by atoms with Gasteiger partial charge in [-0.25, -0.2) is 0 Å². The van der Waals surface area contributed by atoms with Crippen molar-refractivity contribution in [3.63, 3.8) is 0 Å².